The Morgan fingerprint density at radius 3 is 2.69 bits per heavy atom. The number of rotatable bonds is 4. The van der Waals surface area contributed by atoms with Gasteiger partial charge >= 0.3 is 5.69 Å². The van der Waals surface area contributed by atoms with Crippen LogP contribution in [-0.4, -0.2) is 17.0 Å². The SMILES string of the molecule is COc1cnc(C(F)F)c(CBr)c1[N+](=O)[O-]. The zero-order valence-electron chi connectivity index (χ0n) is 8.11. The summed E-state index contributed by atoms with van der Waals surface area (Å²) < 4.78 is 29.8. The molecule has 0 spiro atoms. The zero-order valence-corrected chi connectivity index (χ0v) is 9.70. The molecule has 8 heteroatoms. The molecular formula is C8H7BrF2N2O3. The fourth-order valence-electron chi connectivity index (χ4n) is 1.21. The van der Waals surface area contributed by atoms with E-state index in [1.54, 1.807) is 0 Å². The first-order valence-corrected chi connectivity index (χ1v) is 5.19. The lowest BCUT2D eigenvalue weighted by molar-refractivity contribution is -0.386. The number of methoxy groups -OCH3 is 1. The molecule has 0 N–H and O–H groups in total. The lowest BCUT2D eigenvalue weighted by Gasteiger charge is -2.08. The number of alkyl halides is 3. The Morgan fingerprint density at radius 2 is 2.31 bits per heavy atom. The predicted molar refractivity (Wildman–Crippen MR) is 55.0 cm³/mol. The molecule has 5 nitrogen and oxygen atoms in total. The van der Waals surface area contributed by atoms with Crippen LogP contribution >= 0.6 is 15.9 Å². The van der Waals surface area contributed by atoms with Gasteiger partial charge in [0, 0.05) is 5.33 Å². The summed E-state index contributed by atoms with van der Waals surface area (Å²) in [7, 11) is 1.21. The lowest BCUT2D eigenvalue weighted by Crippen LogP contribution is -2.04. The molecule has 0 saturated heterocycles. The number of nitrogens with zero attached hydrogens (tertiary/aromatic N) is 2. The molecule has 0 radical (unpaired) electrons. The van der Waals surface area contributed by atoms with Crippen LogP contribution in [0.5, 0.6) is 5.75 Å². The molecule has 0 aliphatic rings. The third-order valence-electron chi connectivity index (χ3n) is 1.89. The van der Waals surface area contributed by atoms with Crippen molar-refractivity contribution in [3.8, 4) is 5.75 Å². The molecule has 0 amide bonds. The van der Waals surface area contributed by atoms with Crippen molar-refractivity contribution in [2.24, 2.45) is 0 Å². The van der Waals surface area contributed by atoms with Crippen LogP contribution in [0, 0.1) is 10.1 Å². The highest BCUT2D eigenvalue weighted by Crippen LogP contribution is 2.36. The summed E-state index contributed by atoms with van der Waals surface area (Å²) in [4.78, 5) is 13.5. The monoisotopic (exact) mass is 296 g/mol. The molecule has 16 heavy (non-hydrogen) atoms. The van der Waals surface area contributed by atoms with Gasteiger partial charge in [-0.3, -0.25) is 15.1 Å². The fourth-order valence-corrected chi connectivity index (χ4v) is 1.76. The summed E-state index contributed by atoms with van der Waals surface area (Å²) in [5.41, 5.74) is -1.26. The highest BCUT2D eigenvalue weighted by molar-refractivity contribution is 9.08. The third-order valence-corrected chi connectivity index (χ3v) is 2.45. The van der Waals surface area contributed by atoms with E-state index >= 15 is 0 Å². The first kappa shape index (κ1) is 12.8. The second-order valence-corrected chi connectivity index (χ2v) is 3.29. The van der Waals surface area contributed by atoms with Crippen molar-refractivity contribution >= 4 is 21.6 Å². The van der Waals surface area contributed by atoms with Crippen molar-refractivity contribution < 1.29 is 18.4 Å². The second kappa shape index (κ2) is 5.15. The van der Waals surface area contributed by atoms with Gasteiger partial charge in [-0.25, -0.2) is 8.78 Å². The molecular weight excluding hydrogens is 290 g/mol. The first-order valence-electron chi connectivity index (χ1n) is 4.07. The van der Waals surface area contributed by atoms with Gasteiger partial charge in [0.05, 0.1) is 23.8 Å². The van der Waals surface area contributed by atoms with Crippen LogP contribution in [-0.2, 0) is 5.33 Å². The van der Waals surface area contributed by atoms with E-state index in [9.17, 15) is 18.9 Å². The first-order chi connectivity index (χ1) is 7.52. The number of hydrogen-bond acceptors (Lipinski definition) is 4. The van der Waals surface area contributed by atoms with E-state index in [1.807, 2.05) is 0 Å². The maximum atomic E-state index is 12.5. The average Bonchev–Trinajstić information content (AvgIpc) is 2.26. The van der Waals surface area contributed by atoms with Gasteiger partial charge in [0.1, 0.15) is 5.69 Å². The van der Waals surface area contributed by atoms with E-state index in [1.165, 1.54) is 7.11 Å². The lowest BCUT2D eigenvalue weighted by atomic mass is 10.1. The quantitative estimate of drug-likeness (QED) is 0.487. The Morgan fingerprint density at radius 1 is 1.69 bits per heavy atom. The summed E-state index contributed by atoms with van der Waals surface area (Å²) in [6.45, 7) is 0. The normalized spacial score (nSPS) is 10.6. The van der Waals surface area contributed by atoms with Gasteiger partial charge in [0.25, 0.3) is 6.43 Å². The minimum absolute atomic E-state index is 0.0901. The highest BCUT2D eigenvalue weighted by Gasteiger charge is 2.28. The maximum absolute atomic E-state index is 12.5. The van der Waals surface area contributed by atoms with Crippen LogP contribution in [0.4, 0.5) is 14.5 Å². The number of halogens is 3. The van der Waals surface area contributed by atoms with E-state index < -0.39 is 22.7 Å². The molecule has 0 saturated carbocycles. The van der Waals surface area contributed by atoms with E-state index in [0.717, 1.165) is 6.20 Å². The van der Waals surface area contributed by atoms with Crippen LogP contribution in [0.3, 0.4) is 0 Å². The standard InChI is InChI=1S/C8H7BrF2N2O3/c1-16-5-3-12-6(8(10)11)4(2-9)7(5)13(14)15/h3,8H,2H2,1H3. The van der Waals surface area contributed by atoms with Gasteiger partial charge in [-0.15, -0.1) is 0 Å². The van der Waals surface area contributed by atoms with Gasteiger partial charge < -0.3 is 4.74 Å². The van der Waals surface area contributed by atoms with Crippen molar-refractivity contribution in [2.45, 2.75) is 11.8 Å². The number of ether oxygens (including phenoxy) is 1. The average molecular weight is 297 g/mol. The smallest absolute Gasteiger partial charge is 0.318 e. The van der Waals surface area contributed by atoms with E-state index in [0.29, 0.717) is 0 Å². The maximum Gasteiger partial charge on any atom is 0.318 e. The summed E-state index contributed by atoms with van der Waals surface area (Å²) in [6, 6.07) is 0. The Kier molecular flexibility index (Phi) is 4.11. The Balaban J connectivity index is 3.49. The van der Waals surface area contributed by atoms with Crippen LogP contribution in [0.25, 0.3) is 0 Å². The largest absolute Gasteiger partial charge is 0.489 e. The summed E-state index contributed by atoms with van der Waals surface area (Å²) in [5.74, 6) is -0.135. The molecule has 1 rings (SSSR count). The van der Waals surface area contributed by atoms with Crippen LogP contribution < -0.4 is 4.74 Å². The van der Waals surface area contributed by atoms with Gasteiger partial charge in [-0.1, -0.05) is 15.9 Å². The minimum atomic E-state index is -2.86. The molecule has 1 aromatic rings. The molecule has 1 heterocycles. The van der Waals surface area contributed by atoms with Crippen LogP contribution in [0.2, 0.25) is 0 Å². The summed E-state index contributed by atoms with van der Waals surface area (Å²) >= 11 is 2.93. The van der Waals surface area contributed by atoms with Crippen LogP contribution in [0.1, 0.15) is 17.7 Å². The van der Waals surface area contributed by atoms with Gasteiger partial charge in [-0.2, -0.15) is 0 Å². The Labute approximate surface area is 97.7 Å². The van der Waals surface area contributed by atoms with Gasteiger partial charge in [-0.05, 0) is 0 Å². The summed E-state index contributed by atoms with van der Waals surface area (Å²) in [6.07, 6.45) is -1.94. The molecule has 0 fully saturated rings. The number of nitro groups is 1. The molecule has 0 unspecified atom stereocenters. The van der Waals surface area contributed by atoms with Crippen molar-refractivity contribution in [2.75, 3.05) is 7.11 Å². The Hall–Kier alpha value is -1.31. The van der Waals surface area contributed by atoms with Crippen molar-refractivity contribution in [3.05, 3.63) is 27.6 Å². The molecule has 0 aliphatic heterocycles. The van der Waals surface area contributed by atoms with E-state index in [-0.39, 0.29) is 16.6 Å². The van der Waals surface area contributed by atoms with Gasteiger partial charge in [0.2, 0.25) is 5.75 Å². The fraction of sp³-hybridized carbons (Fsp3) is 0.375. The molecule has 0 atom stereocenters. The topological polar surface area (TPSA) is 65.3 Å². The molecule has 0 aliphatic carbocycles. The highest BCUT2D eigenvalue weighted by atomic mass is 79.9. The third kappa shape index (κ3) is 2.26. The Bertz CT molecular complexity index is 415. The van der Waals surface area contributed by atoms with Crippen molar-refractivity contribution in [1.82, 2.24) is 4.98 Å². The molecule has 0 aromatic carbocycles. The number of hydrogen-bond donors (Lipinski definition) is 0. The number of pyridine rings is 1. The number of aromatic nitrogens is 1. The van der Waals surface area contributed by atoms with E-state index in [4.69, 9.17) is 4.74 Å². The predicted octanol–water partition coefficient (Wildman–Crippen LogP) is 2.83. The van der Waals surface area contributed by atoms with Crippen molar-refractivity contribution in [1.29, 1.82) is 0 Å². The molecule has 88 valence electrons. The summed E-state index contributed by atoms with van der Waals surface area (Å²) in [5, 5.41) is 10.7. The zero-order chi connectivity index (χ0) is 12.3. The molecule has 0 bridgehead atoms. The molecule has 1 aromatic heterocycles. The second-order valence-electron chi connectivity index (χ2n) is 2.73. The van der Waals surface area contributed by atoms with E-state index in [2.05, 4.69) is 20.9 Å². The minimum Gasteiger partial charge on any atom is -0.489 e. The van der Waals surface area contributed by atoms with Gasteiger partial charge in [0.15, 0.2) is 0 Å². The van der Waals surface area contributed by atoms with Crippen molar-refractivity contribution in [3.63, 3.8) is 0 Å². The van der Waals surface area contributed by atoms with Crippen LogP contribution in [0.15, 0.2) is 6.20 Å².